The Kier molecular flexibility index (Phi) is 2.98. The minimum absolute atomic E-state index is 1.14. The van der Waals surface area contributed by atoms with E-state index < -0.39 is 0 Å². The highest BCUT2D eigenvalue weighted by Crippen LogP contribution is 2.40. The number of fused-ring (bicyclic) bond motifs is 6. The number of aryl methyl sites for hydroxylation is 2. The highest BCUT2D eigenvalue weighted by Gasteiger charge is 2.14. The number of aromatic nitrogens is 1. The van der Waals surface area contributed by atoms with Crippen LogP contribution in [0.15, 0.2) is 54.6 Å². The zero-order valence-electron chi connectivity index (χ0n) is 14.0. The Morgan fingerprint density at radius 1 is 0.833 bits per heavy atom. The van der Waals surface area contributed by atoms with E-state index in [4.69, 9.17) is 0 Å². The Labute approximate surface area is 145 Å². The second-order valence-electron chi connectivity index (χ2n) is 6.58. The maximum atomic E-state index is 2.42. The van der Waals surface area contributed by atoms with Crippen LogP contribution in [0, 0.1) is 0 Å². The van der Waals surface area contributed by atoms with E-state index in [9.17, 15) is 0 Å². The molecule has 0 amide bonds. The van der Waals surface area contributed by atoms with Gasteiger partial charge in [0.1, 0.15) is 0 Å². The lowest BCUT2D eigenvalue weighted by Crippen LogP contribution is -1.87. The molecule has 0 saturated carbocycles. The zero-order valence-corrected chi connectivity index (χ0v) is 14.8. The molecule has 0 N–H and O–H groups in total. The van der Waals surface area contributed by atoms with Gasteiger partial charge in [-0.15, -0.1) is 11.3 Å². The van der Waals surface area contributed by atoms with Gasteiger partial charge in [-0.1, -0.05) is 43.7 Å². The molecule has 3 aromatic carbocycles. The third kappa shape index (κ3) is 1.81. The van der Waals surface area contributed by atoms with E-state index in [1.54, 1.807) is 0 Å². The number of hydrogen-bond donors (Lipinski definition) is 0. The number of benzene rings is 3. The van der Waals surface area contributed by atoms with Gasteiger partial charge < -0.3 is 4.57 Å². The summed E-state index contributed by atoms with van der Waals surface area (Å²) in [5, 5.41) is 5.60. The van der Waals surface area contributed by atoms with Crippen LogP contribution in [0.25, 0.3) is 42.0 Å². The Morgan fingerprint density at radius 3 is 2.58 bits per heavy atom. The second kappa shape index (κ2) is 5.09. The first-order chi connectivity index (χ1) is 11.8. The van der Waals surface area contributed by atoms with Crippen molar-refractivity contribution in [1.29, 1.82) is 0 Å². The minimum atomic E-state index is 1.14. The average molecular weight is 329 g/mol. The fraction of sp³-hybridized carbons (Fsp3) is 0.182. The summed E-state index contributed by atoms with van der Waals surface area (Å²) >= 11 is 1.90. The molecule has 0 aliphatic carbocycles. The lowest BCUT2D eigenvalue weighted by atomic mass is 10.0. The molecule has 0 spiro atoms. The van der Waals surface area contributed by atoms with E-state index >= 15 is 0 Å². The molecule has 0 bridgehead atoms. The monoisotopic (exact) mass is 329 g/mol. The Balaban J connectivity index is 2.00. The molecule has 2 heteroatoms. The molecule has 0 aliphatic heterocycles. The van der Waals surface area contributed by atoms with Crippen molar-refractivity contribution < 1.29 is 0 Å². The molecule has 5 rings (SSSR count). The van der Waals surface area contributed by atoms with E-state index in [1.807, 2.05) is 11.3 Å². The molecule has 0 radical (unpaired) electrons. The number of rotatable bonds is 2. The number of thiophene rings is 1. The zero-order chi connectivity index (χ0) is 16.3. The van der Waals surface area contributed by atoms with Crippen LogP contribution in [0.3, 0.4) is 0 Å². The van der Waals surface area contributed by atoms with Crippen molar-refractivity contribution in [1.82, 2.24) is 4.57 Å². The summed E-state index contributed by atoms with van der Waals surface area (Å²) in [5.41, 5.74) is 4.16. The molecule has 2 heterocycles. The molecular weight excluding hydrogens is 310 g/mol. The van der Waals surface area contributed by atoms with E-state index in [2.05, 4.69) is 73.1 Å². The summed E-state index contributed by atoms with van der Waals surface area (Å²) in [6.07, 6.45) is 2.32. The largest absolute Gasteiger partial charge is 0.344 e. The molecular formula is C22H19NS. The summed E-state index contributed by atoms with van der Waals surface area (Å²) in [5.74, 6) is 0. The van der Waals surface area contributed by atoms with Crippen LogP contribution >= 0.6 is 11.3 Å². The van der Waals surface area contributed by atoms with Gasteiger partial charge in [-0.25, -0.2) is 0 Å². The van der Waals surface area contributed by atoms with Gasteiger partial charge in [-0.2, -0.15) is 0 Å². The highest BCUT2D eigenvalue weighted by atomic mass is 32.1. The SMILES string of the molecule is CCCc1cccc2c1c1cc3c(cc1n2C)sc1ccccc13. The Morgan fingerprint density at radius 2 is 1.71 bits per heavy atom. The Bertz CT molecular complexity index is 1220. The quantitative estimate of drug-likeness (QED) is 0.341. The molecule has 0 saturated heterocycles. The standard InChI is InChI=1S/C22H19NS/c1-3-7-14-8-6-10-18-22(14)17-12-16-15-9-4-5-11-20(15)24-21(16)13-19(17)23(18)2/h4-6,8-13H,3,7H2,1-2H3. The van der Waals surface area contributed by atoms with Crippen molar-refractivity contribution >= 4 is 53.3 Å². The van der Waals surface area contributed by atoms with Crippen LogP contribution in [0.1, 0.15) is 18.9 Å². The van der Waals surface area contributed by atoms with Gasteiger partial charge in [0.25, 0.3) is 0 Å². The van der Waals surface area contributed by atoms with Crippen LogP contribution in [-0.2, 0) is 13.5 Å². The van der Waals surface area contributed by atoms with Gasteiger partial charge in [0.2, 0.25) is 0 Å². The lowest BCUT2D eigenvalue weighted by Gasteiger charge is -2.02. The molecule has 0 unspecified atom stereocenters. The lowest BCUT2D eigenvalue weighted by molar-refractivity contribution is 0.929. The van der Waals surface area contributed by atoms with Crippen molar-refractivity contribution in [3.8, 4) is 0 Å². The van der Waals surface area contributed by atoms with Crippen LogP contribution < -0.4 is 0 Å². The third-order valence-electron chi connectivity index (χ3n) is 5.14. The van der Waals surface area contributed by atoms with Gasteiger partial charge >= 0.3 is 0 Å². The molecule has 118 valence electrons. The number of hydrogen-bond acceptors (Lipinski definition) is 1. The van der Waals surface area contributed by atoms with Crippen molar-refractivity contribution in [2.24, 2.45) is 7.05 Å². The summed E-state index contributed by atoms with van der Waals surface area (Å²) in [7, 11) is 2.19. The van der Waals surface area contributed by atoms with Crippen LogP contribution in [0.4, 0.5) is 0 Å². The van der Waals surface area contributed by atoms with E-state index in [-0.39, 0.29) is 0 Å². The predicted octanol–water partition coefficient (Wildman–Crippen LogP) is 6.65. The van der Waals surface area contributed by atoms with E-state index in [0.29, 0.717) is 0 Å². The van der Waals surface area contributed by atoms with Crippen molar-refractivity contribution in [3.05, 3.63) is 60.2 Å². The molecule has 0 atom stereocenters. The van der Waals surface area contributed by atoms with Crippen LogP contribution in [0.2, 0.25) is 0 Å². The van der Waals surface area contributed by atoms with Gasteiger partial charge in [0.05, 0.1) is 5.52 Å². The summed E-state index contributed by atoms with van der Waals surface area (Å²) < 4.78 is 5.11. The first kappa shape index (κ1) is 14.1. The molecule has 0 aliphatic rings. The fourth-order valence-corrected chi connectivity index (χ4v) is 5.14. The predicted molar refractivity (Wildman–Crippen MR) is 107 cm³/mol. The van der Waals surface area contributed by atoms with E-state index in [0.717, 1.165) is 6.42 Å². The molecule has 2 aromatic heterocycles. The van der Waals surface area contributed by atoms with Gasteiger partial charge in [-0.3, -0.25) is 0 Å². The Hall–Kier alpha value is -2.32. The maximum Gasteiger partial charge on any atom is 0.0503 e. The van der Waals surface area contributed by atoms with Gasteiger partial charge in [-0.05, 0) is 36.2 Å². The average Bonchev–Trinajstić information content (AvgIpc) is 3.10. The summed E-state index contributed by atoms with van der Waals surface area (Å²) in [4.78, 5) is 0. The molecule has 5 aromatic rings. The van der Waals surface area contributed by atoms with Crippen LogP contribution in [-0.4, -0.2) is 4.57 Å². The fourth-order valence-electron chi connectivity index (χ4n) is 4.02. The normalized spacial score (nSPS) is 12.1. The maximum absolute atomic E-state index is 2.42. The van der Waals surface area contributed by atoms with Crippen molar-refractivity contribution in [2.45, 2.75) is 19.8 Å². The smallest absolute Gasteiger partial charge is 0.0503 e. The first-order valence-electron chi connectivity index (χ1n) is 8.59. The summed E-state index contributed by atoms with van der Waals surface area (Å²) in [6, 6.07) is 20.3. The van der Waals surface area contributed by atoms with Gasteiger partial charge in [0, 0.05) is 43.5 Å². The first-order valence-corrected chi connectivity index (χ1v) is 9.41. The minimum Gasteiger partial charge on any atom is -0.344 e. The molecule has 1 nitrogen and oxygen atoms in total. The van der Waals surface area contributed by atoms with E-state index in [1.165, 1.54) is 54.0 Å². The molecule has 24 heavy (non-hydrogen) atoms. The topological polar surface area (TPSA) is 4.93 Å². The van der Waals surface area contributed by atoms with Crippen molar-refractivity contribution in [2.75, 3.05) is 0 Å². The van der Waals surface area contributed by atoms with Crippen LogP contribution in [0.5, 0.6) is 0 Å². The number of nitrogens with zero attached hydrogens (tertiary/aromatic N) is 1. The molecule has 0 fully saturated rings. The highest BCUT2D eigenvalue weighted by molar-refractivity contribution is 7.25. The summed E-state index contributed by atoms with van der Waals surface area (Å²) in [6.45, 7) is 2.26. The van der Waals surface area contributed by atoms with Crippen molar-refractivity contribution in [3.63, 3.8) is 0 Å². The second-order valence-corrected chi connectivity index (χ2v) is 7.67. The van der Waals surface area contributed by atoms with Gasteiger partial charge in [0.15, 0.2) is 0 Å². The third-order valence-corrected chi connectivity index (χ3v) is 6.27.